The van der Waals surface area contributed by atoms with Gasteiger partial charge in [0.05, 0.1) is 0 Å². The van der Waals surface area contributed by atoms with Crippen LogP contribution >= 0.6 is 24.0 Å². The molecule has 0 aromatic heterocycles. The van der Waals surface area contributed by atoms with Gasteiger partial charge in [-0.05, 0) is 40.3 Å². The average Bonchev–Trinajstić information content (AvgIpc) is 2.74. The van der Waals surface area contributed by atoms with Crippen LogP contribution in [-0.4, -0.2) is 4.32 Å². The van der Waals surface area contributed by atoms with Crippen molar-refractivity contribution in [1.29, 1.82) is 0 Å². The zero-order valence-electron chi connectivity index (χ0n) is 9.69. The third-order valence-electron chi connectivity index (χ3n) is 3.61. The van der Waals surface area contributed by atoms with E-state index in [4.69, 9.17) is 12.2 Å². The van der Waals surface area contributed by atoms with Crippen molar-refractivity contribution in [2.45, 2.75) is 12.2 Å². The Kier molecular flexibility index (Phi) is 2.26. The van der Waals surface area contributed by atoms with Gasteiger partial charge in [-0.25, -0.2) is 0 Å². The van der Waals surface area contributed by atoms with E-state index in [0.29, 0.717) is 0 Å². The summed E-state index contributed by atoms with van der Waals surface area (Å²) in [7, 11) is 0. The van der Waals surface area contributed by atoms with Crippen molar-refractivity contribution in [3.63, 3.8) is 0 Å². The largest absolute Gasteiger partial charge is 0.341 e. The molecule has 1 heterocycles. The fourth-order valence-corrected chi connectivity index (χ4v) is 3.75. The van der Waals surface area contributed by atoms with E-state index in [-0.39, 0.29) is 0 Å². The van der Waals surface area contributed by atoms with Crippen LogP contribution in [0.3, 0.4) is 0 Å². The Hall–Kier alpha value is -1.32. The van der Waals surface area contributed by atoms with Gasteiger partial charge in [0.2, 0.25) is 0 Å². The standard InChI is InChI=1S/C15H11NS2/c17-15-16-14-7-13-10(6-11(14)8-18-15)5-9-3-1-2-4-12(9)13/h1-4,6-7H,5,8H2,(H,16,17). The zero-order chi connectivity index (χ0) is 12.1. The van der Waals surface area contributed by atoms with Crippen molar-refractivity contribution in [2.75, 3.05) is 5.32 Å². The molecule has 18 heavy (non-hydrogen) atoms. The molecule has 0 saturated heterocycles. The summed E-state index contributed by atoms with van der Waals surface area (Å²) in [6.45, 7) is 0. The first kappa shape index (κ1) is 10.6. The third kappa shape index (κ3) is 1.51. The number of fused-ring (bicyclic) bond motifs is 4. The molecule has 0 atom stereocenters. The zero-order valence-corrected chi connectivity index (χ0v) is 11.3. The minimum Gasteiger partial charge on any atom is -0.341 e. The molecule has 0 amide bonds. The fourth-order valence-electron chi connectivity index (χ4n) is 2.76. The lowest BCUT2D eigenvalue weighted by molar-refractivity contribution is 1.24. The second-order valence-electron chi connectivity index (χ2n) is 4.70. The molecule has 1 aliphatic carbocycles. The molecular weight excluding hydrogens is 258 g/mol. The predicted octanol–water partition coefficient (Wildman–Crippen LogP) is 4.20. The highest BCUT2D eigenvalue weighted by molar-refractivity contribution is 8.22. The van der Waals surface area contributed by atoms with Gasteiger partial charge in [0, 0.05) is 11.4 Å². The summed E-state index contributed by atoms with van der Waals surface area (Å²) in [5.74, 6) is 0.991. The van der Waals surface area contributed by atoms with Crippen molar-refractivity contribution in [3.8, 4) is 11.1 Å². The fraction of sp³-hybridized carbons (Fsp3) is 0.133. The number of thioether (sulfide) groups is 1. The first-order valence-electron chi connectivity index (χ1n) is 5.99. The lowest BCUT2D eigenvalue weighted by atomic mass is 10.0. The van der Waals surface area contributed by atoms with E-state index in [9.17, 15) is 0 Å². The molecule has 0 saturated carbocycles. The smallest absolute Gasteiger partial charge is 0.138 e. The van der Waals surface area contributed by atoms with Crippen molar-refractivity contribution in [2.24, 2.45) is 0 Å². The average molecular weight is 269 g/mol. The van der Waals surface area contributed by atoms with Gasteiger partial charge in [0.25, 0.3) is 0 Å². The maximum atomic E-state index is 5.24. The molecule has 0 spiro atoms. The van der Waals surface area contributed by atoms with E-state index < -0.39 is 0 Å². The molecule has 1 nitrogen and oxygen atoms in total. The Morgan fingerprint density at radius 2 is 1.89 bits per heavy atom. The molecule has 1 aliphatic heterocycles. The molecule has 3 heteroatoms. The summed E-state index contributed by atoms with van der Waals surface area (Å²) in [6, 6.07) is 13.3. The lowest BCUT2D eigenvalue weighted by Gasteiger charge is -2.19. The summed E-state index contributed by atoms with van der Waals surface area (Å²) >= 11 is 6.95. The Labute approximate surface area is 116 Å². The van der Waals surface area contributed by atoms with E-state index in [2.05, 4.69) is 41.7 Å². The number of hydrogen-bond donors (Lipinski definition) is 1. The Bertz CT molecular complexity index is 676. The highest BCUT2D eigenvalue weighted by atomic mass is 32.2. The number of nitrogens with one attached hydrogen (secondary N) is 1. The second-order valence-corrected chi connectivity index (χ2v) is 6.35. The number of thiocarbonyl (C=S) groups is 1. The van der Waals surface area contributed by atoms with E-state index in [1.54, 1.807) is 11.8 Å². The number of hydrogen-bond acceptors (Lipinski definition) is 2. The molecule has 0 unspecified atom stereocenters. The van der Waals surface area contributed by atoms with Crippen LogP contribution in [0.2, 0.25) is 0 Å². The Balaban J connectivity index is 1.91. The monoisotopic (exact) mass is 269 g/mol. The molecule has 0 radical (unpaired) electrons. The summed E-state index contributed by atoms with van der Waals surface area (Å²) in [5.41, 5.74) is 8.19. The minimum atomic E-state index is 0.883. The summed E-state index contributed by atoms with van der Waals surface area (Å²) in [4.78, 5) is 0. The normalized spacial score (nSPS) is 15.7. The van der Waals surface area contributed by atoms with Crippen LogP contribution in [0.1, 0.15) is 16.7 Å². The van der Waals surface area contributed by atoms with E-state index >= 15 is 0 Å². The second kappa shape index (κ2) is 3.84. The molecule has 0 fully saturated rings. The van der Waals surface area contributed by atoms with Crippen LogP contribution in [0.4, 0.5) is 5.69 Å². The van der Waals surface area contributed by atoms with Crippen molar-refractivity contribution in [1.82, 2.24) is 0 Å². The van der Waals surface area contributed by atoms with Crippen LogP contribution < -0.4 is 5.32 Å². The maximum Gasteiger partial charge on any atom is 0.138 e. The van der Waals surface area contributed by atoms with Gasteiger partial charge in [-0.2, -0.15) is 0 Å². The van der Waals surface area contributed by atoms with Crippen LogP contribution in [0.25, 0.3) is 11.1 Å². The van der Waals surface area contributed by atoms with Crippen LogP contribution in [0.15, 0.2) is 36.4 Å². The number of anilines is 1. The van der Waals surface area contributed by atoms with Crippen molar-refractivity contribution in [3.05, 3.63) is 53.1 Å². The van der Waals surface area contributed by atoms with Gasteiger partial charge in [0.15, 0.2) is 0 Å². The topological polar surface area (TPSA) is 12.0 Å². The molecule has 88 valence electrons. The molecule has 4 rings (SSSR count). The Morgan fingerprint density at radius 1 is 1.00 bits per heavy atom. The van der Waals surface area contributed by atoms with Crippen LogP contribution in [0, 0.1) is 0 Å². The van der Waals surface area contributed by atoms with Gasteiger partial charge < -0.3 is 5.32 Å². The predicted molar refractivity (Wildman–Crippen MR) is 82.2 cm³/mol. The summed E-state index contributed by atoms with van der Waals surface area (Å²) in [5, 5.41) is 3.31. The van der Waals surface area contributed by atoms with Crippen LogP contribution in [-0.2, 0) is 12.2 Å². The van der Waals surface area contributed by atoms with Crippen molar-refractivity contribution >= 4 is 34.0 Å². The summed E-state index contributed by atoms with van der Waals surface area (Å²) in [6.07, 6.45) is 1.06. The maximum absolute atomic E-state index is 5.24. The van der Waals surface area contributed by atoms with Gasteiger partial charge in [-0.15, -0.1) is 0 Å². The van der Waals surface area contributed by atoms with E-state index in [1.807, 2.05) is 0 Å². The number of benzene rings is 2. The third-order valence-corrected chi connectivity index (χ3v) is 4.89. The molecule has 0 bridgehead atoms. The molecule has 2 aliphatic rings. The minimum absolute atomic E-state index is 0.883. The SMILES string of the molecule is S=C1Nc2cc3c(cc2CS1)Cc1ccccc1-3. The molecule has 2 aromatic carbocycles. The Morgan fingerprint density at radius 3 is 2.83 bits per heavy atom. The lowest BCUT2D eigenvalue weighted by Crippen LogP contribution is -2.12. The van der Waals surface area contributed by atoms with Gasteiger partial charge >= 0.3 is 0 Å². The van der Waals surface area contributed by atoms with Crippen molar-refractivity contribution < 1.29 is 0 Å². The first-order chi connectivity index (χ1) is 8.81. The first-order valence-corrected chi connectivity index (χ1v) is 7.38. The highest BCUT2D eigenvalue weighted by Gasteiger charge is 2.22. The van der Waals surface area contributed by atoms with Gasteiger partial charge in [-0.3, -0.25) is 0 Å². The van der Waals surface area contributed by atoms with E-state index in [0.717, 1.165) is 16.5 Å². The van der Waals surface area contributed by atoms with Gasteiger partial charge in [0.1, 0.15) is 4.32 Å². The number of rotatable bonds is 0. The molecular formula is C15H11NS2. The summed E-state index contributed by atoms with van der Waals surface area (Å²) < 4.78 is 0.883. The van der Waals surface area contributed by atoms with Gasteiger partial charge in [-0.1, -0.05) is 54.3 Å². The molecule has 2 aromatic rings. The van der Waals surface area contributed by atoms with E-state index in [1.165, 1.54) is 33.5 Å². The molecule has 1 N–H and O–H groups in total. The quantitative estimate of drug-likeness (QED) is 0.614. The highest BCUT2D eigenvalue weighted by Crippen LogP contribution is 2.41. The van der Waals surface area contributed by atoms with Crippen LogP contribution in [0.5, 0.6) is 0 Å².